The first kappa shape index (κ1) is 11.0. The summed E-state index contributed by atoms with van der Waals surface area (Å²) in [5.41, 5.74) is 0.602. The van der Waals surface area contributed by atoms with Gasteiger partial charge in [-0.25, -0.2) is 8.42 Å². The monoisotopic (exact) mass is 215 g/mol. The number of rotatable bonds is 3. The molecule has 0 fully saturated rings. The highest BCUT2D eigenvalue weighted by Gasteiger charge is 2.16. The smallest absolute Gasteiger partial charge is 0.255 e. The fraction of sp³-hybridized carbons (Fsp3) is 0.250. The maximum Gasteiger partial charge on any atom is 0.255 e. The summed E-state index contributed by atoms with van der Waals surface area (Å²) in [6.45, 7) is 0. The van der Waals surface area contributed by atoms with Gasteiger partial charge in [0, 0.05) is 14.1 Å². The van der Waals surface area contributed by atoms with Crippen LogP contribution in [-0.2, 0) is 10.0 Å². The number of hydrazine groups is 1. The van der Waals surface area contributed by atoms with Crippen LogP contribution in [0.1, 0.15) is 0 Å². The van der Waals surface area contributed by atoms with Crippen LogP contribution in [0.25, 0.3) is 0 Å². The first-order valence-electron chi connectivity index (χ1n) is 3.98. The Morgan fingerprint density at radius 2 is 1.86 bits per heavy atom. The van der Waals surface area contributed by atoms with Gasteiger partial charge in [-0.2, -0.15) is 0 Å². The zero-order chi connectivity index (χ0) is 10.8. The third-order valence-electron chi connectivity index (χ3n) is 1.79. The lowest BCUT2D eigenvalue weighted by atomic mass is 10.3. The number of nitrogens with zero attached hydrogens (tertiary/aromatic N) is 1. The zero-order valence-electron chi connectivity index (χ0n) is 8.06. The van der Waals surface area contributed by atoms with Gasteiger partial charge in [0.1, 0.15) is 4.90 Å². The highest BCUT2D eigenvalue weighted by Crippen LogP contribution is 2.22. The summed E-state index contributed by atoms with van der Waals surface area (Å²) in [5, 5.41) is 0. The molecule has 1 aromatic carbocycles. The largest absolute Gasteiger partial charge is 0.377 e. The van der Waals surface area contributed by atoms with Crippen LogP contribution in [0.4, 0.5) is 5.69 Å². The molecule has 1 rings (SSSR count). The molecule has 0 aliphatic carbocycles. The predicted molar refractivity (Wildman–Crippen MR) is 55.3 cm³/mol. The molecule has 6 heteroatoms. The molecule has 0 saturated carbocycles. The second-order valence-corrected chi connectivity index (χ2v) is 4.67. The number of nitrogens with two attached hydrogens (primary N) is 1. The molecule has 0 unspecified atom stereocenters. The molecular weight excluding hydrogens is 202 g/mol. The van der Waals surface area contributed by atoms with E-state index in [1.165, 1.54) is 6.07 Å². The minimum Gasteiger partial charge on any atom is -0.377 e. The highest BCUT2D eigenvalue weighted by molar-refractivity contribution is 7.89. The summed E-state index contributed by atoms with van der Waals surface area (Å²) in [7, 11) is -0.0503. The quantitative estimate of drug-likeness (QED) is 0.545. The van der Waals surface area contributed by atoms with Crippen molar-refractivity contribution in [1.29, 1.82) is 0 Å². The van der Waals surface area contributed by atoms with Gasteiger partial charge in [-0.05, 0) is 12.1 Å². The van der Waals surface area contributed by atoms with E-state index >= 15 is 0 Å². The first-order valence-corrected chi connectivity index (χ1v) is 5.46. The summed E-state index contributed by atoms with van der Waals surface area (Å²) in [6.07, 6.45) is 0. The molecule has 0 spiro atoms. The molecule has 0 amide bonds. The Morgan fingerprint density at radius 3 is 2.36 bits per heavy atom. The second-order valence-electron chi connectivity index (χ2n) is 2.98. The van der Waals surface area contributed by atoms with Gasteiger partial charge in [0.15, 0.2) is 0 Å². The van der Waals surface area contributed by atoms with E-state index in [9.17, 15) is 8.42 Å². The summed E-state index contributed by atoms with van der Waals surface area (Å²) in [5.74, 6) is 4.95. The van der Waals surface area contributed by atoms with Gasteiger partial charge in [0.25, 0.3) is 10.0 Å². The standard InChI is InChI=1S/C8H13N3O2S/c1-11(2)7-5-3-4-6-8(7)14(12,13)10-9/h3-6,10H,9H2,1-2H3. The fourth-order valence-electron chi connectivity index (χ4n) is 1.12. The van der Waals surface area contributed by atoms with Gasteiger partial charge >= 0.3 is 0 Å². The first-order chi connectivity index (χ1) is 6.49. The summed E-state index contributed by atoms with van der Waals surface area (Å²) in [6, 6.07) is 6.64. The van der Waals surface area contributed by atoms with E-state index in [4.69, 9.17) is 5.84 Å². The molecule has 5 nitrogen and oxygen atoms in total. The average molecular weight is 215 g/mol. The Morgan fingerprint density at radius 1 is 1.29 bits per heavy atom. The van der Waals surface area contributed by atoms with Crippen molar-refractivity contribution in [1.82, 2.24) is 4.83 Å². The number of sulfonamides is 1. The molecule has 0 aromatic heterocycles. The number of hydrogen-bond donors (Lipinski definition) is 2. The van der Waals surface area contributed by atoms with Crippen LogP contribution >= 0.6 is 0 Å². The SMILES string of the molecule is CN(C)c1ccccc1S(=O)(=O)NN. The Balaban J connectivity index is 3.35. The summed E-state index contributed by atoms with van der Waals surface area (Å²) in [4.78, 5) is 3.68. The van der Waals surface area contributed by atoms with Crippen molar-refractivity contribution < 1.29 is 8.42 Å². The molecule has 0 heterocycles. The third-order valence-corrected chi connectivity index (χ3v) is 3.03. The lowest BCUT2D eigenvalue weighted by Crippen LogP contribution is -2.31. The summed E-state index contributed by atoms with van der Waals surface area (Å²) >= 11 is 0. The molecule has 0 bridgehead atoms. The van der Waals surface area contributed by atoms with Crippen molar-refractivity contribution in [2.75, 3.05) is 19.0 Å². The van der Waals surface area contributed by atoms with Gasteiger partial charge < -0.3 is 4.90 Å². The maximum absolute atomic E-state index is 11.5. The number of benzene rings is 1. The molecule has 1 aromatic rings. The van der Waals surface area contributed by atoms with E-state index < -0.39 is 10.0 Å². The van der Waals surface area contributed by atoms with Crippen molar-refractivity contribution >= 4 is 15.7 Å². The normalized spacial score (nSPS) is 11.4. The van der Waals surface area contributed by atoms with Gasteiger partial charge in [-0.3, -0.25) is 5.84 Å². The predicted octanol–water partition coefficient (Wildman–Crippen LogP) is -0.0954. The summed E-state index contributed by atoms with van der Waals surface area (Å²) < 4.78 is 22.9. The number of anilines is 1. The zero-order valence-corrected chi connectivity index (χ0v) is 8.88. The molecule has 0 aliphatic heterocycles. The van der Waals surface area contributed by atoms with Crippen LogP contribution in [0.5, 0.6) is 0 Å². The Hall–Kier alpha value is -1.11. The molecule has 3 N–H and O–H groups in total. The molecule has 78 valence electrons. The molecule has 0 aliphatic rings. The van der Waals surface area contributed by atoms with Crippen molar-refractivity contribution in [2.45, 2.75) is 4.90 Å². The lowest BCUT2D eigenvalue weighted by molar-refractivity contribution is 0.584. The van der Waals surface area contributed by atoms with E-state index in [0.717, 1.165) is 0 Å². The highest BCUT2D eigenvalue weighted by atomic mass is 32.2. The van der Waals surface area contributed by atoms with Crippen LogP contribution < -0.4 is 15.6 Å². The van der Waals surface area contributed by atoms with E-state index in [2.05, 4.69) is 0 Å². The average Bonchev–Trinajstić information content (AvgIpc) is 2.18. The molecule has 0 saturated heterocycles. The third kappa shape index (κ3) is 2.03. The van der Waals surface area contributed by atoms with Gasteiger partial charge in [-0.15, -0.1) is 4.83 Å². The molecule has 0 radical (unpaired) electrons. The van der Waals surface area contributed by atoms with Crippen LogP contribution in [0, 0.1) is 0 Å². The van der Waals surface area contributed by atoms with Crippen molar-refractivity contribution in [3.63, 3.8) is 0 Å². The van der Waals surface area contributed by atoms with Crippen LogP contribution in [0.3, 0.4) is 0 Å². The van der Waals surface area contributed by atoms with Crippen LogP contribution in [0.2, 0.25) is 0 Å². The molecule has 0 atom stereocenters. The van der Waals surface area contributed by atoms with Crippen LogP contribution in [0.15, 0.2) is 29.2 Å². The number of hydrogen-bond acceptors (Lipinski definition) is 4. The van der Waals surface area contributed by atoms with E-state index in [1.807, 2.05) is 0 Å². The van der Waals surface area contributed by atoms with Crippen molar-refractivity contribution in [3.05, 3.63) is 24.3 Å². The van der Waals surface area contributed by atoms with Crippen molar-refractivity contribution in [3.8, 4) is 0 Å². The Labute approximate surface area is 83.5 Å². The number of para-hydroxylation sites is 1. The Bertz CT molecular complexity index is 414. The molecule has 14 heavy (non-hydrogen) atoms. The minimum atomic E-state index is -3.59. The lowest BCUT2D eigenvalue weighted by Gasteiger charge is -2.16. The number of nitrogens with one attached hydrogen (secondary N) is 1. The molecular formula is C8H13N3O2S. The van der Waals surface area contributed by atoms with E-state index in [-0.39, 0.29) is 4.90 Å². The Kier molecular flexibility index (Phi) is 3.10. The maximum atomic E-state index is 11.5. The second kappa shape index (κ2) is 3.95. The van der Waals surface area contributed by atoms with Gasteiger partial charge in [0.05, 0.1) is 5.69 Å². The topological polar surface area (TPSA) is 75.4 Å². The van der Waals surface area contributed by atoms with Crippen molar-refractivity contribution in [2.24, 2.45) is 5.84 Å². The van der Waals surface area contributed by atoms with Crippen LogP contribution in [-0.4, -0.2) is 22.5 Å². The van der Waals surface area contributed by atoms with Gasteiger partial charge in [-0.1, -0.05) is 12.1 Å². The van der Waals surface area contributed by atoms with E-state index in [0.29, 0.717) is 5.69 Å². The minimum absolute atomic E-state index is 0.174. The van der Waals surface area contributed by atoms with Gasteiger partial charge in [0.2, 0.25) is 0 Å². The fourth-order valence-corrected chi connectivity index (χ4v) is 2.03. The van der Waals surface area contributed by atoms with E-state index in [1.54, 1.807) is 42.0 Å².